The molecule has 0 N–H and O–H groups in total. The van der Waals surface area contributed by atoms with Crippen molar-refractivity contribution in [1.82, 2.24) is 14.8 Å². The van der Waals surface area contributed by atoms with Crippen molar-refractivity contribution < 1.29 is 9.21 Å². The van der Waals surface area contributed by atoms with Gasteiger partial charge in [-0.25, -0.2) is 4.98 Å². The van der Waals surface area contributed by atoms with E-state index >= 15 is 0 Å². The number of carbonyl (C=O) groups is 1. The lowest BCUT2D eigenvalue weighted by Gasteiger charge is -2.34. The predicted octanol–water partition coefficient (Wildman–Crippen LogP) is 3.36. The van der Waals surface area contributed by atoms with Gasteiger partial charge in [-0.3, -0.25) is 9.69 Å². The summed E-state index contributed by atoms with van der Waals surface area (Å²) in [5.41, 5.74) is 1.72. The van der Waals surface area contributed by atoms with Gasteiger partial charge in [0, 0.05) is 32.7 Å². The molecule has 3 heterocycles. The summed E-state index contributed by atoms with van der Waals surface area (Å²) in [5, 5.41) is 1.97. The Morgan fingerprint density at radius 3 is 2.60 bits per heavy atom. The zero-order valence-corrected chi connectivity index (χ0v) is 14.6. The van der Waals surface area contributed by atoms with Crippen LogP contribution in [0.2, 0.25) is 0 Å². The minimum absolute atomic E-state index is 0.0449. The summed E-state index contributed by atoms with van der Waals surface area (Å²) in [6.45, 7) is 4.08. The highest BCUT2D eigenvalue weighted by atomic mass is 32.1. The van der Waals surface area contributed by atoms with Gasteiger partial charge in [0.25, 0.3) is 5.91 Å². The third kappa shape index (κ3) is 3.50. The summed E-state index contributed by atoms with van der Waals surface area (Å²) >= 11 is 1.55. The van der Waals surface area contributed by atoms with Crippen LogP contribution in [0.25, 0.3) is 10.6 Å². The first kappa shape index (κ1) is 16.1. The second-order valence-electron chi connectivity index (χ2n) is 6.06. The van der Waals surface area contributed by atoms with Crippen molar-refractivity contribution in [2.45, 2.75) is 6.54 Å². The second kappa shape index (κ2) is 7.21. The third-order valence-corrected chi connectivity index (χ3v) is 5.29. The summed E-state index contributed by atoms with van der Waals surface area (Å²) in [5.74, 6) is 0.531. The van der Waals surface area contributed by atoms with Crippen LogP contribution in [0.15, 0.2) is 58.7 Å². The van der Waals surface area contributed by atoms with E-state index in [2.05, 4.69) is 34.1 Å². The van der Waals surface area contributed by atoms with Crippen LogP contribution >= 0.6 is 11.3 Å². The maximum atomic E-state index is 12.8. The number of aromatic nitrogens is 1. The Kier molecular flexibility index (Phi) is 4.63. The van der Waals surface area contributed by atoms with Crippen LogP contribution in [-0.2, 0) is 6.54 Å². The molecule has 1 aromatic carbocycles. The van der Waals surface area contributed by atoms with Gasteiger partial charge in [0.05, 0.1) is 4.88 Å². The Balaban J connectivity index is 1.40. The number of carbonyl (C=O) groups excluding carboxylic acids is 1. The molecule has 6 heteroatoms. The van der Waals surface area contributed by atoms with Crippen molar-refractivity contribution in [3.8, 4) is 10.6 Å². The molecule has 1 amide bonds. The Morgan fingerprint density at radius 1 is 1.08 bits per heavy atom. The minimum Gasteiger partial charge on any atom is -0.442 e. The van der Waals surface area contributed by atoms with Gasteiger partial charge in [-0.05, 0) is 17.0 Å². The highest BCUT2D eigenvalue weighted by Crippen LogP contribution is 2.28. The van der Waals surface area contributed by atoms with E-state index < -0.39 is 0 Å². The topological polar surface area (TPSA) is 49.6 Å². The van der Waals surface area contributed by atoms with Gasteiger partial charge in [0.2, 0.25) is 0 Å². The van der Waals surface area contributed by atoms with E-state index in [4.69, 9.17) is 4.42 Å². The molecule has 25 heavy (non-hydrogen) atoms. The summed E-state index contributed by atoms with van der Waals surface area (Å²) in [4.78, 5) is 22.2. The summed E-state index contributed by atoms with van der Waals surface area (Å²) < 4.78 is 5.46. The third-order valence-electron chi connectivity index (χ3n) is 4.42. The average molecular weight is 353 g/mol. The first-order valence-corrected chi connectivity index (χ1v) is 9.22. The number of hydrogen-bond donors (Lipinski definition) is 0. The number of amides is 1. The van der Waals surface area contributed by atoms with Gasteiger partial charge in [-0.2, -0.15) is 0 Å². The van der Waals surface area contributed by atoms with Gasteiger partial charge in [-0.1, -0.05) is 36.4 Å². The molecule has 3 aromatic rings. The van der Waals surface area contributed by atoms with Crippen molar-refractivity contribution in [3.63, 3.8) is 0 Å². The molecule has 128 valence electrons. The maximum Gasteiger partial charge on any atom is 0.276 e. The van der Waals surface area contributed by atoms with E-state index in [1.807, 2.05) is 28.5 Å². The largest absolute Gasteiger partial charge is 0.442 e. The Hall–Kier alpha value is -2.44. The van der Waals surface area contributed by atoms with Crippen LogP contribution in [0, 0.1) is 0 Å². The molecular weight excluding hydrogens is 334 g/mol. The predicted molar refractivity (Wildman–Crippen MR) is 97.4 cm³/mol. The summed E-state index contributed by atoms with van der Waals surface area (Å²) in [7, 11) is 0. The van der Waals surface area contributed by atoms with E-state index in [1.54, 1.807) is 11.3 Å². The van der Waals surface area contributed by atoms with Crippen molar-refractivity contribution in [1.29, 1.82) is 0 Å². The average Bonchev–Trinajstić information content (AvgIpc) is 3.34. The fraction of sp³-hybridized carbons (Fsp3) is 0.263. The van der Waals surface area contributed by atoms with Gasteiger partial charge < -0.3 is 9.32 Å². The molecule has 0 saturated carbocycles. The van der Waals surface area contributed by atoms with E-state index in [9.17, 15) is 4.79 Å². The lowest BCUT2D eigenvalue weighted by atomic mass is 10.2. The molecule has 2 aromatic heterocycles. The number of benzene rings is 1. The zero-order valence-electron chi connectivity index (χ0n) is 13.8. The lowest BCUT2D eigenvalue weighted by Crippen LogP contribution is -2.48. The molecule has 0 atom stereocenters. The maximum absolute atomic E-state index is 12.8. The van der Waals surface area contributed by atoms with Gasteiger partial charge in [-0.15, -0.1) is 11.3 Å². The molecule has 1 saturated heterocycles. The van der Waals surface area contributed by atoms with E-state index in [0.29, 0.717) is 24.5 Å². The van der Waals surface area contributed by atoms with Crippen molar-refractivity contribution in [3.05, 3.63) is 65.5 Å². The molecule has 0 aliphatic carbocycles. The molecule has 0 unspecified atom stereocenters. The number of hydrogen-bond acceptors (Lipinski definition) is 5. The number of piperazine rings is 1. The van der Waals surface area contributed by atoms with Crippen LogP contribution in [0.3, 0.4) is 0 Å². The van der Waals surface area contributed by atoms with Crippen molar-refractivity contribution in [2.75, 3.05) is 26.2 Å². The highest BCUT2D eigenvalue weighted by Gasteiger charge is 2.27. The van der Waals surface area contributed by atoms with E-state index in [1.165, 1.54) is 12.0 Å². The Labute approximate surface area is 150 Å². The summed E-state index contributed by atoms with van der Waals surface area (Å²) in [6, 6.07) is 14.3. The number of oxazole rings is 1. The van der Waals surface area contributed by atoms with Crippen LogP contribution in [0.5, 0.6) is 0 Å². The zero-order chi connectivity index (χ0) is 17.1. The molecule has 1 aliphatic rings. The van der Waals surface area contributed by atoms with Gasteiger partial charge in [0.1, 0.15) is 0 Å². The molecule has 5 nitrogen and oxygen atoms in total. The fourth-order valence-corrected chi connectivity index (χ4v) is 3.79. The monoisotopic (exact) mass is 353 g/mol. The van der Waals surface area contributed by atoms with Crippen molar-refractivity contribution >= 4 is 17.2 Å². The molecule has 1 aliphatic heterocycles. The standard InChI is InChI=1S/C19H19N3O2S/c23-19(17-18(24-14-20-17)16-7-4-12-25-16)22-10-8-21(9-11-22)13-15-5-2-1-3-6-15/h1-7,12,14H,8-11,13H2. The number of nitrogens with zero attached hydrogens (tertiary/aromatic N) is 3. The fourth-order valence-electron chi connectivity index (χ4n) is 3.08. The van der Waals surface area contributed by atoms with Gasteiger partial charge in [0.15, 0.2) is 17.8 Å². The highest BCUT2D eigenvalue weighted by molar-refractivity contribution is 7.13. The molecule has 0 spiro atoms. The minimum atomic E-state index is -0.0449. The van der Waals surface area contributed by atoms with Crippen LogP contribution in [-0.4, -0.2) is 46.9 Å². The quantitative estimate of drug-likeness (QED) is 0.722. The van der Waals surface area contributed by atoms with Crippen LogP contribution < -0.4 is 0 Å². The lowest BCUT2D eigenvalue weighted by molar-refractivity contribution is 0.0623. The first-order chi connectivity index (χ1) is 12.3. The van der Waals surface area contributed by atoms with E-state index in [0.717, 1.165) is 24.5 Å². The van der Waals surface area contributed by atoms with Crippen LogP contribution in [0.1, 0.15) is 16.1 Å². The normalized spacial score (nSPS) is 15.4. The SMILES string of the molecule is O=C(c1ncoc1-c1cccs1)N1CCN(Cc2ccccc2)CC1. The van der Waals surface area contributed by atoms with E-state index in [-0.39, 0.29) is 5.91 Å². The molecular formula is C19H19N3O2S. The Morgan fingerprint density at radius 2 is 1.88 bits per heavy atom. The smallest absolute Gasteiger partial charge is 0.276 e. The number of thiophene rings is 1. The Bertz CT molecular complexity index is 821. The molecule has 1 fully saturated rings. The molecule has 0 radical (unpaired) electrons. The van der Waals surface area contributed by atoms with Crippen LogP contribution in [0.4, 0.5) is 0 Å². The summed E-state index contributed by atoms with van der Waals surface area (Å²) in [6.07, 6.45) is 1.36. The van der Waals surface area contributed by atoms with Crippen molar-refractivity contribution in [2.24, 2.45) is 0 Å². The second-order valence-corrected chi connectivity index (χ2v) is 7.01. The molecule has 0 bridgehead atoms. The first-order valence-electron chi connectivity index (χ1n) is 8.34. The van der Waals surface area contributed by atoms with Gasteiger partial charge >= 0.3 is 0 Å². The number of rotatable bonds is 4. The molecule has 4 rings (SSSR count).